The lowest BCUT2D eigenvalue weighted by molar-refractivity contribution is -0.121. The summed E-state index contributed by atoms with van der Waals surface area (Å²) in [5.74, 6) is 0. The van der Waals surface area contributed by atoms with Crippen molar-refractivity contribution in [2.45, 2.75) is 24.9 Å². The van der Waals surface area contributed by atoms with Gasteiger partial charge in [0.2, 0.25) is 0 Å². The highest BCUT2D eigenvalue weighted by Gasteiger charge is 2.37. The van der Waals surface area contributed by atoms with E-state index >= 15 is 0 Å². The van der Waals surface area contributed by atoms with Crippen LogP contribution in [0.2, 0.25) is 0 Å². The lowest BCUT2D eigenvalue weighted by Gasteiger charge is -2.35. The van der Waals surface area contributed by atoms with Crippen molar-refractivity contribution in [1.82, 2.24) is 9.97 Å². The first kappa shape index (κ1) is 9.08. The molecular formula is C9H10N2O3. The van der Waals surface area contributed by atoms with Gasteiger partial charge in [0.1, 0.15) is 5.60 Å². The van der Waals surface area contributed by atoms with E-state index in [4.69, 9.17) is 0 Å². The van der Waals surface area contributed by atoms with Gasteiger partial charge in [0, 0.05) is 6.20 Å². The summed E-state index contributed by atoms with van der Waals surface area (Å²) >= 11 is 0. The van der Waals surface area contributed by atoms with Crippen LogP contribution in [0.1, 0.15) is 25.0 Å². The summed E-state index contributed by atoms with van der Waals surface area (Å²) in [6.45, 7) is 0.268. The molecule has 1 fully saturated rings. The quantitative estimate of drug-likeness (QED) is 0.704. The predicted octanol–water partition coefficient (Wildman–Crippen LogP) is 0.383. The van der Waals surface area contributed by atoms with E-state index in [0.29, 0.717) is 18.5 Å². The molecule has 0 atom stereocenters. The number of carbonyl (C=O) groups is 1. The number of ether oxygens (including phenoxy) is 1. The molecule has 0 aromatic carbocycles. The monoisotopic (exact) mass is 194 g/mol. The number of nitrogens with zero attached hydrogens (tertiary/aromatic N) is 2. The van der Waals surface area contributed by atoms with Gasteiger partial charge in [0.25, 0.3) is 0 Å². The van der Waals surface area contributed by atoms with Crippen molar-refractivity contribution in [1.29, 1.82) is 0 Å². The third-order valence-electron chi connectivity index (χ3n) is 2.44. The highest BCUT2D eigenvalue weighted by molar-refractivity contribution is 5.41. The molecule has 0 bridgehead atoms. The minimum Gasteiger partial charge on any atom is -0.393 e. The Bertz CT molecular complexity index is 350. The van der Waals surface area contributed by atoms with Crippen LogP contribution >= 0.6 is 0 Å². The Hall–Kier alpha value is -1.49. The van der Waals surface area contributed by atoms with Gasteiger partial charge in [-0.1, -0.05) is 0 Å². The van der Waals surface area contributed by atoms with Crippen molar-refractivity contribution in [2.75, 3.05) is 0 Å². The van der Waals surface area contributed by atoms with E-state index in [9.17, 15) is 9.90 Å². The van der Waals surface area contributed by atoms with Crippen LogP contribution in [0.15, 0.2) is 12.3 Å². The van der Waals surface area contributed by atoms with Crippen LogP contribution in [0, 0.1) is 0 Å². The van der Waals surface area contributed by atoms with Crippen LogP contribution in [0.5, 0.6) is 6.01 Å². The Morgan fingerprint density at radius 2 is 2.36 bits per heavy atom. The molecule has 2 rings (SSSR count). The van der Waals surface area contributed by atoms with E-state index in [2.05, 4.69) is 14.7 Å². The molecule has 1 aliphatic carbocycles. The van der Waals surface area contributed by atoms with E-state index in [0.717, 1.165) is 6.42 Å². The molecule has 14 heavy (non-hydrogen) atoms. The number of rotatable bonds is 3. The van der Waals surface area contributed by atoms with Crippen LogP contribution in [-0.4, -0.2) is 21.5 Å². The van der Waals surface area contributed by atoms with Crippen LogP contribution in [0.25, 0.3) is 0 Å². The Kier molecular flexibility index (Phi) is 2.17. The van der Waals surface area contributed by atoms with Crippen LogP contribution in [0.4, 0.5) is 0 Å². The van der Waals surface area contributed by atoms with E-state index in [-0.39, 0.29) is 12.5 Å². The predicted molar refractivity (Wildman–Crippen MR) is 46.5 cm³/mol. The van der Waals surface area contributed by atoms with Gasteiger partial charge in [-0.25, -0.2) is 4.98 Å². The zero-order valence-electron chi connectivity index (χ0n) is 7.51. The second-order valence-corrected chi connectivity index (χ2v) is 3.32. The number of hydrogen-bond donors (Lipinski definition) is 1. The van der Waals surface area contributed by atoms with Crippen molar-refractivity contribution in [3.63, 3.8) is 0 Å². The van der Waals surface area contributed by atoms with Gasteiger partial charge >= 0.3 is 12.5 Å². The summed E-state index contributed by atoms with van der Waals surface area (Å²) in [4.78, 5) is 17.7. The molecule has 0 unspecified atom stereocenters. The normalized spacial score (nSPS) is 18.4. The lowest BCUT2D eigenvalue weighted by atomic mass is 9.78. The topological polar surface area (TPSA) is 72.3 Å². The molecule has 1 N–H and O–H groups in total. The highest BCUT2D eigenvalue weighted by Crippen LogP contribution is 2.40. The van der Waals surface area contributed by atoms with Crippen LogP contribution < -0.4 is 4.74 Å². The molecule has 1 aliphatic rings. The molecule has 1 aromatic rings. The van der Waals surface area contributed by atoms with Crippen molar-refractivity contribution in [3.8, 4) is 6.01 Å². The van der Waals surface area contributed by atoms with Gasteiger partial charge in [-0.2, -0.15) is 4.98 Å². The van der Waals surface area contributed by atoms with Gasteiger partial charge < -0.3 is 9.84 Å². The van der Waals surface area contributed by atoms with Crippen molar-refractivity contribution in [2.24, 2.45) is 0 Å². The summed E-state index contributed by atoms with van der Waals surface area (Å²) in [5, 5.41) is 9.94. The molecule has 5 nitrogen and oxygen atoms in total. The molecule has 74 valence electrons. The molecule has 1 aromatic heterocycles. The third kappa shape index (κ3) is 1.46. The fourth-order valence-corrected chi connectivity index (χ4v) is 1.47. The maximum Gasteiger partial charge on any atom is 0.324 e. The molecule has 0 spiro atoms. The Labute approximate surface area is 80.8 Å². The summed E-state index contributed by atoms with van der Waals surface area (Å²) in [6.07, 6.45) is 3.86. The summed E-state index contributed by atoms with van der Waals surface area (Å²) in [7, 11) is 0. The van der Waals surface area contributed by atoms with Gasteiger partial charge in [0.05, 0.1) is 5.69 Å². The minimum atomic E-state index is -0.843. The second kappa shape index (κ2) is 3.34. The van der Waals surface area contributed by atoms with Crippen molar-refractivity contribution < 1.29 is 14.6 Å². The SMILES string of the molecule is O=COc1nccc(C2(O)CCC2)n1. The smallest absolute Gasteiger partial charge is 0.324 e. The number of aromatic nitrogens is 2. The van der Waals surface area contributed by atoms with Gasteiger partial charge in [-0.05, 0) is 25.3 Å². The van der Waals surface area contributed by atoms with Crippen molar-refractivity contribution >= 4 is 6.47 Å². The third-order valence-corrected chi connectivity index (χ3v) is 2.44. The largest absolute Gasteiger partial charge is 0.393 e. The minimum absolute atomic E-state index is 0.0159. The standard InChI is InChI=1S/C9H10N2O3/c12-6-14-8-10-5-2-7(11-8)9(13)3-1-4-9/h2,5-6,13H,1,3-4H2. The highest BCUT2D eigenvalue weighted by atomic mass is 16.5. The zero-order valence-corrected chi connectivity index (χ0v) is 7.51. The molecular weight excluding hydrogens is 184 g/mol. The fraction of sp³-hybridized carbons (Fsp3) is 0.444. The van der Waals surface area contributed by atoms with E-state index in [1.54, 1.807) is 6.07 Å². The maximum absolute atomic E-state index is 10.1. The first-order valence-electron chi connectivity index (χ1n) is 4.41. The number of carbonyl (C=O) groups excluding carboxylic acids is 1. The Morgan fingerprint density at radius 1 is 1.57 bits per heavy atom. The first-order valence-corrected chi connectivity index (χ1v) is 4.41. The van der Waals surface area contributed by atoms with E-state index < -0.39 is 5.60 Å². The molecule has 1 heterocycles. The lowest BCUT2D eigenvalue weighted by Crippen LogP contribution is -2.34. The molecule has 0 radical (unpaired) electrons. The molecule has 5 heteroatoms. The molecule has 0 saturated heterocycles. The number of aliphatic hydroxyl groups is 1. The molecule has 0 amide bonds. The summed E-state index contributed by atoms with van der Waals surface area (Å²) in [5.41, 5.74) is -0.320. The summed E-state index contributed by atoms with van der Waals surface area (Å²) in [6, 6.07) is 1.62. The van der Waals surface area contributed by atoms with Gasteiger partial charge in [-0.15, -0.1) is 0 Å². The molecule has 0 aliphatic heterocycles. The second-order valence-electron chi connectivity index (χ2n) is 3.32. The van der Waals surface area contributed by atoms with Crippen LogP contribution in [-0.2, 0) is 10.4 Å². The van der Waals surface area contributed by atoms with Gasteiger partial charge in [0.15, 0.2) is 0 Å². The summed E-state index contributed by atoms with van der Waals surface area (Å²) < 4.78 is 4.50. The average Bonchev–Trinajstić information content (AvgIpc) is 2.15. The van der Waals surface area contributed by atoms with E-state index in [1.165, 1.54) is 6.20 Å². The Balaban J connectivity index is 2.25. The molecule has 1 saturated carbocycles. The van der Waals surface area contributed by atoms with Crippen molar-refractivity contribution in [3.05, 3.63) is 18.0 Å². The number of hydrogen-bond acceptors (Lipinski definition) is 5. The Morgan fingerprint density at radius 3 is 2.93 bits per heavy atom. The zero-order chi connectivity index (χ0) is 10.0. The van der Waals surface area contributed by atoms with E-state index in [1.807, 2.05) is 0 Å². The van der Waals surface area contributed by atoms with Crippen LogP contribution in [0.3, 0.4) is 0 Å². The maximum atomic E-state index is 10.1. The fourth-order valence-electron chi connectivity index (χ4n) is 1.47. The average molecular weight is 194 g/mol. The first-order chi connectivity index (χ1) is 6.74. The van der Waals surface area contributed by atoms with Gasteiger partial charge in [-0.3, -0.25) is 4.79 Å².